The highest BCUT2D eigenvalue weighted by molar-refractivity contribution is 5.83. The summed E-state index contributed by atoms with van der Waals surface area (Å²) in [6, 6.07) is 20.6. The summed E-state index contributed by atoms with van der Waals surface area (Å²) in [4.78, 5) is 14.6. The zero-order valence-corrected chi connectivity index (χ0v) is 14.2. The highest BCUT2D eigenvalue weighted by Crippen LogP contribution is 2.47. The van der Waals surface area contributed by atoms with Gasteiger partial charge in [-0.25, -0.2) is 9.97 Å². The number of hydrogen-bond acceptors (Lipinski definition) is 3. The Balaban J connectivity index is 1.76. The van der Waals surface area contributed by atoms with Crippen molar-refractivity contribution in [1.82, 2.24) is 15.0 Å². The SMILES string of the molecule is CC1(C)c2cc(-c3ccccc3)cnc2-c2nc3ccccc3nc21. The van der Waals surface area contributed by atoms with Crippen LogP contribution in [0.3, 0.4) is 0 Å². The first-order valence-corrected chi connectivity index (χ1v) is 8.48. The van der Waals surface area contributed by atoms with Crippen LogP contribution in [0.2, 0.25) is 0 Å². The first kappa shape index (κ1) is 14.3. The molecule has 2 heterocycles. The molecule has 25 heavy (non-hydrogen) atoms. The molecule has 1 aliphatic rings. The molecule has 0 saturated carbocycles. The largest absolute Gasteiger partial charge is 0.254 e. The van der Waals surface area contributed by atoms with Crippen molar-refractivity contribution in [3.63, 3.8) is 0 Å². The van der Waals surface area contributed by atoms with Gasteiger partial charge in [0.05, 0.1) is 22.4 Å². The molecule has 5 rings (SSSR count). The molecule has 1 aliphatic carbocycles. The van der Waals surface area contributed by atoms with E-state index in [1.165, 1.54) is 11.1 Å². The minimum atomic E-state index is -0.209. The molecule has 0 fully saturated rings. The highest BCUT2D eigenvalue weighted by Gasteiger charge is 2.39. The quantitative estimate of drug-likeness (QED) is 0.495. The van der Waals surface area contributed by atoms with Crippen molar-refractivity contribution >= 4 is 11.0 Å². The second kappa shape index (κ2) is 4.96. The number of benzene rings is 2. The van der Waals surface area contributed by atoms with Crippen LogP contribution < -0.4 is 0 Å². The summed E-state index contributed by atoms with van der Waals surface area (Å²) in [5.41, 5.74) is 8.03. The normalized spacial score (nSPS) is 14.3. The third-order valence-corrected chi connectivity index (χ3v) is 5.06. The van der Waals surface area contributed by atoms with E-state index in [-0.39, 0.29) is 5.41 Å². The van der Waals surface area contributed by atoms with Crippen LogP contribution in [0, 0.1) is 0 Å². The van der Waals surface area contributed by atoms with Gasteiger partial charge in [0.1, 0.15) is 5.69 Å². The third kappa shape index (κ3) is 2.02. The number of aromatic nitrogens is 3. The van der Waals surface area contributed by atoms with Gasteiger partial charge in [0, 0.05) is 17.2 Å². The smallest absolute Gasteiger partial charge is 0.112 e. The molecule has 0 radical (unpaired) electrons. The Kier molecular flexibility index (Phi) is 2.84. The van der Waals surface area contributed by atoms with E-state index in [4.69, 9.17) is 15.0 Å². The zero-order chi connectivity index (χ0) is 17.0. The molecule has 4 aromatic rings. The molecule has 3 heteroatoms. The van der Waals surface area contributed by atoms with Gasteiger partial charge in [0.25, 0.3) is 0 Å². The van der Waals surface area contributed by atoms with E-state index in [1.807, 2.05) is 36.5 Å². The van der Waals surface area contributed by atoms with Crippen LogP contribution in [0.15, 0.2) is 66.9 Å². The molecule has 120 valence electrons. The van der Waals surface area contributed by atoms with E-state index in [1.54, 1.807) is 0 Å². The van der Waals surface area contributed by atoms with Crippen molar-refractivity contribution in [2.24, 2.45) is 0 Å². The molecule has 0 bridgehead atoms. The maximum atomic E-state index is 4.92. The standard InChI is InChI=1S/C22H17N3/c1-22(2)16-12-15(14-8-4-3-5-9-14)13-23-19(16)20-21(22)25-18-11-7-6-10-17(18)24-20/h3-13H,1-2H3. The highest BCUT2D eigenvalue weighted by atomic mass is 14.9. The summed E-state index contributed by atoms with van der Waals surface area (Å²) in [6.07, 6.45) is 1.94. The van der Waals surface area contributed by atoms with E-state index in [0.29, 0.717) is 0 Å². The molecule has 0 spiro atoms. The molecular formula is C22H17N3. The maximum Gasteiger partial charge on any atom is 0.112 e. The molecule has 0 saturated heterocycles. The molecular weight excluding hydrogens is 306 g/mol. The molecule has 0 unspecified atom stereocenters. The Morgan fingerprint density at radius 2 is 1.40 bits per heavy atom. The predicted molar refractivity (Wildman–Crippen MR) is 100 cm³/mol. The Hall–Kier alpha value is -3.07. The summed E-state index contributed by atoms with van der Waals surface area (Å²) in [5, 5.41) is 0. The van der Waals surface area contributed by atoms with Crippen molar-refractivity contribution in [2.45, 2.75) is 19.3 Å². The zero-order valence-electron chi connectivity index (χ0n) is 14.2. The minimum Gasteiger partial charge on any atom is -0.254 e. The van der Waals surface area contributed by atoms with Crippen LogP contribution in [-0.2, 0) is 5.41 Å². The van der Waals surface area contributed by atoms with Gasteiger partial charge in [0.15, 0.2) is 0 Å². The summed E-state index contributed by atoms with van der Waals surface area (Å²) in [5.74, 6) is 0. The Morgan fingerprint density at radius 3 is 2.16 bits per heavy atom. The lowest BCUT2D eigenvalue weighted by Crippen LogP contribution is -2.17. The number of fused-ring (bicyclic) bond motifs is 4. The monoisotopic (exact) mass is 323 g/mol. The fourth-order valence-electron chi connectivity index (χ4n) is 3.65. The van der Waals surface area contributed by atoms with Gasteiger partial charge < -0.3 is 0 Å². The third-order valence-electron chi connectivity index (χ3n) is 5.06. The van der Waals surface area contributed by atoms with Crippen molar-refractivity contribution in [2.75, 3.05) is 0 Å². The van der Waals surface area contributed by atoms with Crippen LogP contribution in [0.1, 0.15) is 25.1 Å². The van der Waals surface area contributed by atoms with Crippen molar-refractivity contribution in [3.8, 4) is 22.5 Å². The maximum absolute atomic E-state index is 4.92. The second-order valence-corrected chi connectivity index (χ2v) is 7.02. The van der Waals surface area contributed by atoms with Crippen molar-refractivity contribution in [3.05, 3.63) is 78.1 Å². The summed E-state index contributed by atoms with van der Waals surface area (Å²) >= 11 is 0. The lowest BCUT2D eigenvalue weighted by molar-refractivity contribution is 0.637. The van der Waals surface area contributed by atoms with E-state index >= 15 is 0 Å². The second-order valence-electron chi connectivity index (χ2n) is 7.02. The van der Waals surface area contributed by atoms with Crippen LogP contribution in [-0.4, -0.2) is 15.0 Å². The molecule has 0 atom stereocenters. The van der Waals surface area contributed by atoms with Gasteiger partial charge in [-0.2, -0.15) is 0 Å². The predicted octanol–water partition coefficient (Wildman–Crippen LogP) is 5.00. The van der Waals surface area contributed by atoms with Gasteiger partial charge in [-0.1, -0.05) is 42.5 Å². The Labute approximate surface area is 146 Å². The van der Waals surface area contributed by atoms with E-state index in [2.05, 4.69) is 44.2 Å². The molecule has 2 aromatic carbocycles. The summed E-state index contributed by atoms with van der Waals surface area (Å²) in [6.45, 7) is 4.41. The summed E-state index contributed by atoms with van der Waals surface area (Å²) < 4.78 is 0. The van der Waals surface area contributed by atoms with Crippen LogP contribution in [0.25, 0.3) is 33.5 Å². The Morgan fingerprint density at radius 1 is 0.720 bits per heavy atom. The molecule has 0 aliphatic heterocycles. The Bertz CT molecular complexity index is 1110. The van der Waals surface area contributed by atoms with Gasteiger partial charge in [0.2, 0.25) is 0 Å². The number of pyridine rings is 1. The van der Waals surface area contributed by atoms with Crippen LogP contribution in [0.5, 0.6) is 0 Å². The van der Waals surface area contributed by atoms with E-state index < -0.39 is 0 Å². The number of nitrogens with zero attached hydrogens (tertiary/aromatic N) is 3. The fourth-order valence-corrected chi connectivity index (χ4v) is 3.65. The lowest BCUT2D eigenvalue weighted by Gasteiger charge is -2.20. The molecule has 0 amide bonds. The summed E-state index contributed by atoms with van der Waals surface area (Å²) in [7, 11) is 0. The average molecular weight is 323 g/mol. The van der Waals surface area contributed by atoms with Gasteiger partial charge in [-0.15, -0.1) is 0 Å². The topological polar surface area (TPSA) is 38.7 Å². The van der Waals surface area contributed by atoms with Crippen molar-refractivity contribution in [1.29, 1.82) is 0 Å². The molecule has 0 N–H and O–H groups in total. The van der Waals surface area contributed by atoms with Gasteiger partial charge in [-0.05, 0) is 43.2 Å². The number of rotatable bonds is 1. The molecule has 3 nitrogen and oxygen atoms in total. The first-order chi connectivity index (χ1) is 12.1. The van der Waals surface area contributed by atoms with E-state index in [9.17, 15) is 0 Å². The van der Waals surface area contributed by atoms with Gasteiger partial charge in [-0.3, -0.25) is 4.98 Å². The minimum absolute atomic E-state index is 0.209. The van der Waals surface area contributed by atoms with Gasteiger partial charge >= 0.3 is 0 Å². The average Bonchev–Trinajstić information content (AvgIpc) is 2.88. The van der Waals surface area contributed by atoms with Crippen LogP contribution in [0.4, 0.5) is 0 Å². The lowest BCUT2D eigenvalue weighted by atomic mass is 9.85. The first-order valence-electron chi connectivity index (χ1n) is 8.48. The fraction of sp³-hybridized carbons (Fsp3) is 0.136. The van der Waals surface area contributed by atoms with Crippen LogP contribution >= 0.6 is 0 Å². The number of hydrogen-bond donors (Lipinski definition) is 0. The van der Waals surface area contributed by atoms with Crippen molar-refractivity contribution < 1.29 is 0 Å². The molecule has 2 aromatic heterocycles. The number of para-hydroxylation sites is 2. The van der Waals surface area contributed by atoms with E-state index in [0.717, 1.165) is 33.7 Å².